The maximum atomic E-state index is 13.2. The first-order valence-corrected chi connectivity index (χ1v) is 6.90. The zero-order valence-electron chi connectivity index (χ0n) is 11.1. The lowest BCUT2D eigenvalue weighted by atomic mass is 9.95. The van der Waals surface area contributed by atoms with Gasteiger partial charge in [-0.15, -0.1) is 0 Å². The highest BCUT2D eigenvalue weighted by atomic mass is 19.1. The first kappa shape index (κ1) is 13.1. The van der Waals surface area contributed by atoms with Crippen molar-refractivity contribution in [3.05, 3.63) is 65.5 Å². The van der Waals surface area contributed by atoms with E-state index in [1.165, 1.54) is 17.7 Å². The van der Waals surface area contributed by atoms with Gasteiger partial charge in [0.2, 0.25) is 0 Å². The van der Waals surface area contributed by atoms with E-state index in [4.69, 9.17) is 4.74 Å². The topological polar surface area (TPSA) is 29.5 Å². The molecule has 2 aromatic rings. The normalized spacial score (nSPS) is 21.1. The van der Waals surface area contributed by atoms with Crippen LogP contribution in [0.5, 0.6) is 5.75 Å². The molecule has 0 saturated heterocycles. The first-order chi connectivity index (χ1) is 9.72. The van der Waals surface area contributed by atoms with Gasteiger partial charge in [-0.25, -0.2) is 4.39 Å². The van der Waals surface area contributed by atoms with Gasteiger partial charge >= 0.3 is 0 Å². The number of hydrogen-bond acceptors (Lipinski definition) is 2. The number of halogens is 1. The Hall–Kier alpha value is -1.87. The molecule has 0 aromatic heterocycles. The Morgan fingerprint density at radius 2 is 1.95 bits per heavy atom. The van der Waals surface area contributed by atoms with Crippen molar-refractivity contribution in [3.63, 3.8) is 0 Å². The molecule has 0 bridgehead atoms. The van der Waals surface area contributed by atoms with Crippen molar-refractivity contribution in [1.82, 2.24) is 0 Å². The summed E-state index contributed by atoms with van der Waals surface area (Å²) in [7, 11) is 0. The van der Waals surface area contributed by atoms with Crippen molar-refractivity contribution in [2.24, 2.45) is 0 Å². The van der Waals surface area contributed by atoms with E-state index in [0.29, 0.717) is 17.7 Å². The second kappa shape index (κ2) is 5.63. The van der Waals surface area contributed by atoms with Crippen LogP contribution >= 0.6 is 0 Å². The van der Waals surface area contributed by atoms with Gasteiger partial charge in [0, 0.05) is 12.0 Å². The van der Waals surface area contributed by atoms with Crippen LogP contribution in [0.1, 0.15) is 30.1 Å². The number of aryl methyl sites for hydroxylation is 1. The van der Waals surface area contributed by atoms with E-state index < -0.39 is 6.10 Å². The summed E-state index contributed by atoms with van der Waals surface area (Å²) in [5.41, 5.74) is 1.82. The van der Waals surface area contributed by atoms with Crippen molar-refractivity contribution in [1.29, 1.82) is 0 Å². The van der Waals surface area contributed by atoms with E-state index >= 15 is 0 Å². The van der Waals surface area contributed by atoms with Crippen molar-refractivity contribution < 1.29 is 14.2 Å². The molecule has 1 heterocycles. The number of benzene rings is 2. The maximum absolute atomic E-state index is 13.2. The van der Waals surface area contributed by atoms with Gasteiger partial charge in [-0.05, 0) is 36.6 Å². The number of aliphatic hydroxyl groups is 1. The third kappa shape index (κ3) is 2.83. The summed E-state index contributed by atoms with van der Waals surface area (Å²) >= 11 is 0. The molecule has 1 aliphatic rings. The third-order valence-electron chi connectivity index (χ3n) is 3.71. The Morgan fingerprint density at radius 3 is 2.75 bits per heavy atom. The number of ether oxygens (including phenoxy) is 1. The van der Waals surface area contributed by atoms with Crippen molar-refractivity contribution in [2.75, 3.05) is 0 Å². The number of rotatable bonds is 3. The van der Waals surface area contributed by atoms with Crippen LogP contribution in [-0.4, -0.2) is 11.2 Å². The van der Waals surface area contributed by atoms with Gasteiger partial charge in [-0.3, -0.25) is 0 Å². The molecule has 1 N–H and O–H groups in total. The maximum Gasteiger partial charge on any atom is 0.125 e. The summed E-state index contributed by atoms with van der Waals surface area (Å²) < 4.78 is 19.0. The van der Waals surface area contributed by atoms with E-state index in [0.717, 1.165) is 12.8 Å². The van der Waals surface area contributed by atoms with Crippen molar-refractivity contribution in [3.8, 4) is 5.75 Å². The Bertz CT molecular complexity index is 583. The van der Waals surface area contributed by atoms with Crippen LogP contribution in [0.4, 0.5) is 4.39 Å². The average Bonchev–Trinajstić information content (AvgIpc) is 2.47. The molecule has 104 valence electrons. The van der Waals surface area contributed by atoms with Gasteiger partial charge in [0.05, 0.1) is 6.10 Å². The van der Waals surface area contributed by atoms with Crippen LogP contribution in [-0.2, 0) is 6.42 Å². The molecule has 0 aliphatic carbocycles. The Morgan fingerprint density at radius 1 is 1.15 bits per heavy atom. The van der Waals surface area contributed by atoms with Crippen molar-refractivity contribution in [2.45, 2.75) is 31.5 Å². The summed E-state index contributed by atoms with van der Waals surface area (Å²) in [5.74, 6) is 0.261. The highest BCUT2D eigenvalue weighted by Crippen LogP contribution is 2.36. The molecule has 2 nitrogen and oxygen atoms in total. The first-order valence-electron chi connectivity index (χ1n) is 6.90. The van der Waals surface area contributed by atoms with Crippen LogP contribution in [0.2, 0.25) is 0 Å². The molecular weight excluding hydrogens is 255 g/mol. The lowest BCUT2D eigenvalue weighted by molar-refractivity contribution is 0.0616. The zero-order chi connectivity index (χ0) is 13.9. The second-order valence-electron chi connectivity index (χ2n) is 5.20. The summed E-state index contributed by atoms with van der Waals surface area (Å²) in [6.07, 6.45) is 1.61. The smallest absolute Gasteiger partial charge is 0.125 e. The van der Waals surface area contributed by atoms with Crippen LogP contribution in [0, 0.1) is 5.82 Å². The predicted molar refractivity (Wildman–Crippen MR) is 75.2 cm³/mol. The highest BCUT2D eigenvalue weighted by molar-refractivity contribution is 5.37. The molecule has 2 atom stereocenters. The highest BCUT2D eigenvalue weighted by Gasteiger charge is 2.26. The largest absolute Gasteiger partial charge is 0.490 e. The molecular formula is C17H17FO2. The van der Waals surface area contributed by atoms with Gasteiger partial charge in [0.1, 0.15) is 17.7 Å². The molecule has 20 heavy (non-hydrogen) atoms. The fourth-order valence-electron chi connectivity index (χ4n) is 2.64. The van der Waals surface area contributed by atoms with Crippen LogP contribution in [0.3, 0.4) is 0 Å². The monoisotopic (exact) mass is 272 g/mol. The number of aliphatic hydroxyl groups excluding tert-OH is 1. The van der Waals surface area contributed by atoms with Gasteiger partial charge in [0.25, 0.3) is 0 Å². The molecule has 0 radical (unpaired) electrons. The summed E-state index contributed by atoms with van der Waals surface area (Å²) in [6.45, 7) is 0. The van der Waals surface area contributed by atoms with E-state index in [1.807, 2.05) is 18.2 Å². The zero-order valence-corrected chi connectivity index (χ0v) is 11.1. The minimum absolute atomic E-state index is 0.0248. The summed E-state index contributed by atoms with van der Waals surface area (Å²) in [5, 5.41) is 10.1. The minimum atomic E-state index is -0.643. The Labute approximate surface area is 117 Å². The quantitative estimate of drug-likeness (QED) is 0.924. The molecule has 3 rings (SSSR count). The molecule has 0 fully saturated rings. The summed E-state index contributed by atoms with van der Waals surface area (Å²) in [6, 6.07) is 14.5. The molecule has 0 saturated carbocycles. The SMILES string of the molecule is O[C@@H]1CC(CCc2ccccc2)Oc2ccc(F)cc21. The van der Waals surface area contributed by atoms with Gasteiger partial charge in [-0.2, -0.15) is 0 Å². The van der Waals surface area contributed by atoms with E-state index in [-0.39, 0.29) is 11.9 Å². The molecule has 0 spiro atoms. The molecule has 3 heteroatoms. The van der Waals surface area contributed by atoms with Gasteiger partial charge in [0.15, 0.2) is 0 Å². The Balaban J connectivity index is 1.67. The molecule has 1 unspecified atom stereocenters. The van der Waals surface area contributed by atoms with Crippen molar-refractivity contribution >= 4 is 0 Å². The lowest BCUT2D eigenvalue weighted by Gasteiger charge is -2.29. The fraction of sp³-hybridized carbons (Fsp3) is 0.294. The third-order valence-corrected chi connectivity index (χ3v) is 3.71. The van der Waals surface area contributed by atoms with Crippen LogP contribution in [0.25, 0.3) is 0 Å². The van der Waals surface area contributed by atoms with E-state index in [2.05, 4.69) is 12.1 Å². The Kier molecular flexibility index (Phi) is 3.70. The molecule has 2 aromatic carbocycles. The number of fused-ring (bicyclic) bond motifs is 1. The van der Waals surface area contributed by atoms with Crippen LogP contribution in [0.15, 0.2) is 48.5 Å². The predicted octanol–water partition coefficient (Wildman–Crippen LogP) is 3.64. The number of hydrogen-bond donors (Lipinski definition) is 1. The fourth-order valence-corrected chi connectivity index (χ4v) is 2.64. The minimum Gasteiger partial charge on any atom is -0.490 e. The van der Waals surface area contributed by atoms with Crippen LogP contribution < -0.4 is 4.74 Å². The summed E-state index contributed by atoms with van der Waals surface area (Å²) in [4.78, 5) is 0. The molecule has 0 amide bonds. The molecule has 1 aliphatic heterocycles. The van der Waals surface area contributed by atoms with E-state index in [1.54, 1.807) is 6.07 Å². The second-order valence-corrected chi connectivity index (χ2v) is 5.20. The lowest BCUT2D eigenvalue weighted by Crippen LogP contribution is -2.26. The standard InChI is InChI=1S/C17H17FO2/c18-13-7-9-17-15(10-13)16(19)11-14(20-17)8-6-12-4-2-1-3-5-12/h1-5,7,9-10,14,16,19H,6,8,11H2/t14?,16-/m1/s1. The van der Waals surface area contributed by atoms with Gasteiger partial charge < -0.3 is 9.84 Å². The van der Waals surface area contributed by atoms with E-state index in [9.17, 15) is 9.50 Å². The van der Waals surface area contributed by atoms with Gasteiger partial charge in [-0.1, -0.05) is 30.3 Å². The average molecular weight is 272 g/mol.